The summed E-state index contributed by atoms with van der Waals surface area (Å²) in [6, 6.07) is 0.416. The second-order valence-electron chi connectivity index (χ2n) is 5.07. The Hall–Kier alpha value is -0.790. The predicted octanol–water partition coefficient (Wildman–Crippen LogP) is 1.50. The second kappa shape index (κ2) is 9.20. The number of hydrogen-bond acceptors (Lipinski definition) is 2. The van der Waals surface area contributed by atoms with Gasteiger partial charge in [-0.1, -0.05) is 12.2 Å². The number of hydrogen-bond donors (Lipinski definition) is 2. The summed E-state index contributed by atoms with van der Waals surface area (Å²) in [5.41, 5.74) is 0. The SMILES string of the molecule is CCNC(=NCC(=O)N1CCCC1)NC1CC=CC1.I. The molecule has 2 rings (SSSR count). The molecule has 0 unspecified atom stereocenters. The van der Waals surface area contributed by atoms with Gasteiger partial charge in [-0.3, -0.25) is 4.79 Å². The molecular formula is C14H25IN4O. The van der Waals surface area contributed by atoms with Crippen molar-refractivity contribution in [2.45, 2.75) is 38.6 Å². The molecule has 0 aromatic rings. The van der Waals surface area contributed by atoms with E-state index in [4.69, 9.17) is 0 Å². The molecule has 0 bridgehead atoms. The molecular weight excluding hydrogens is 367 g/mol. The monoisotopic (exact) mass is 392 g/mol. The van der Waals surface area contributed by atoms with Crippen LogP contribution in [0.2, 0.25) is 0 Å². The van der Waals surface area contributed by atoms with Crippen molar-refractivity contribution in [3.8, 4) is 0 Å². The van der Waals surface area contributed by atoms with Crippen LogP contribution in [0.15, 0.2) is 17.1 Å². The minimum atomic E-state index is 0. The summed E-state index contributed by atoms with van der Waals surface area (Å²) in [4.78, 5) is 18.2. The lowest BCUT2D eigenvalue weighted by Crippen LogP contribution is -2.43. The van der Waals surface area contributed by atoms with Gasteiger partial charge in [0, 0.05) is 25.7 Å². The molecule has 0 saturated carbocycles. The smallest absolute Gasteiger partial charge is 0.244 e. The van der Waals surface area contributed by atoms with Crippen LogP contribution in [-0.4, -0.2) is 49.0 Å². The number of guanidine groups is 1. The molecule has 0 aromatic heterocycles. The Morgan fingerprint density at radius 1 is 1.30 bits per heavy atom. The first-order valence-electron chi connectivity index (χ1n) is 7.27. The van der Waals surface area contributed by atoms with Crippen LogP contribution >= 0.6 is 24.0 Å². The Morgan fingerprint density at radius 2 is 1.95 bits per heavy atom. The van der Waals surface area contributed by atoms with Crippen LogP contribution in [0.25, 0.3) is 0 Å². The largest absolute Gasteiger partial charge is 0.357 e. The molecule has 2 aliphatic rings. The molecule has 1 heterocycles. The van der Waals surface area contributed by atoms with Crippen molar-refractivity contribution in [1.29, 1.82) is 0 Å². The molecule has 0 spiro atoms. The van der Waals surface area contributed by atoms with E-state index >= 15 is 0 Å². The lowest BCUT2D eigenvalue weighted by atomic mass is 10.2. The van der Waals surface area contributed by atoms with Crippen molar-refractivity contribution in [3.63, 3.8) is 0 Å². The lowest BCUT2D eigenvalue weighted by molar-refractivity contribution is -0.128. The van der Waals surface area contributed by atoms with Crippen molar-refractivity contribution in [2.24, 2.45) is 4.99 Å². The van der Waals surface area contributed by atoms with E-state index in [1.807, 2.05) is 11.8 Å². The van der Waals surface area contributed by atoms with Crippen LogP contribution in [0.5, 0.6) is 0 Å². The van der Waals surface area contributed by atoms with Crippen molar-refractivity contribution in [1.82, 2.24) is 15.5 Å². The van der Waals surface area contributed by atoms with E-state index in [9.17, 15) is 4.79 Å². The molecule has 114 valence electrons. The summed E-state index contributed by atoms with van der Waals surface area (Å²) >= 11 is 0. The molecule has 0 atom stereocenters. The fourth-order valence-electron chi connectivity index (χ4n) is 2.46. The third-order valence-electron chi connectivity index (χ3n) is 3.52. The molecule has 0 radical (unpaired) electrons. The van der Waals surface area contributed by atoms with Gasteiger partial charge in [-0.25, -0.2) is 4.99 Å². The Labute approximate surface area is 138 Å². The lowest BCUT2D eigenvalue weighted by Gasteiger charge is -2.18. The molecule has 20 heavy (non-hydrogen) atoms. The van der Waals surface area contributed by atoms with Gasteiger partial charge in [0.05, 0.1) is 0 Å². The van der Waals surface area contributed by atoms with Gasteiger partial charge in [-0.2, -0.15) is 0 Å². The Balaban J connectivity index is 0.00000200. The first kappa shape index (κ1) is 17.3. The highest BCUT2D eigenvalue weighted by atomic mass is 127. The number of aliphatic imine (C=N–C) groups is 1. The highest BCUT2D eigenvalue weighted by Crippen LogP contribution is 2.09. The summed E-state index contributed by atoms with van der Waals surface area (Å²) in [5, 5.41) is 6.56. The standard InChI is InChI=1S/C14H24N4O.HI/c1-2-15-14(17-12-7-3-4-8-12)16-11-13(19)18-9-5-6-10-18;/h3-4,12H,2,5-11H2,1H3,(H2,15,16,17);1H. The average Bonchev–Trinajstić information content (AvgIpc) is 3.08. The van der Waals surface area contributed by atoms with Crippen LogP contribution in [0.1, 0.15) is 32.6 Å². The number of amides is 1. The predicted molar refractivity (Wildman–Crippen MR) is 92.5 cm³/mol. The van der Waals surface area contributed by atoms with Gasteiger partial charge >= 0.3 is 0 Å². The van der Waals surface area contributed by atoms with Crippen molar-refractivity contribution in [3.05, 3.63) is 12.2 Å². The van der Waals surface area contributed by atoms with Gasteiger partial charge in [0.15, 0.2) is 5.96 Å². The second-order valence-corrected chi connectivity index (χ2v) is 5.07. The minimum absolute atomic E-state index is 0. The van der Waals surface area contributed by atoms with E-state index in [1.54, 1.807) is 0 Å². The topological polar surface area (TPSA) is 56.7 Å². The molecule has 1 amide bonds. The van der Waals surface area contributed by atoms with Gasteiger partial charge in [-0.05, 0) is 32.6 Å². The first-order chi connectivity index (χ1) is 9.29. The van der Waals surface area contributed by atoms with Crippen LogP contribution in [0, 0.1) is 0 Å². The minimum Gasteiger partial charge on any atom is -0.357 e. The van der Waals surface area contributed by atoms with E-state index < -0.39 is 0 Å². The highest BCUT2D eigenvalue weighted by Gasteiger charge is 2.17. The van der Waals surface area contributed by atoms with Crippen LogP contribution in [0.3, 0.4) is 0 Å². The normalized spacial score (nSPS) is 19.1. The summed E-state index contributed by atoms with van der Waals surface area (Å²) in [5.74, 6) is 0.892. The number of carbonyl (C=O) groups is 1. The van der Waals surface area contributed by atoms with Gasteiger partial charge in [0.2, 0.25) is 5.91 Å². The van der Waals surface area contributed by atoms with Gasteiger partial charge in [-0.15, -0.1) is 24.0 Å². The van der Waals surface area contributed by atoms with Crippen molar-refractivity contribution >= 4 is 35.8 Å². The van der Waals surface area contributed by atoms with E-state index in [2.05, 4.69) is 27.8 Å². The molecule has 1 aliphatic carbocycles. The number of carbonyl (C=O) groups excluding carboxylic acids is 1. The molecule has 5 nitrogen and oxygen atoms in total. The summed E-state index contributed by atoms with van der Waals surface area (Å²) in [6.07, 6.45) is 8.67. The summed E-state index contributed by atoms with van der Waals surface area (Å²) in [6.45, 7) is 4.88. The first-order valence-corrected chi connectivity index (χ1v) is 7.27. The highest BCUT2D eigenvalue weighted by molar-refractivity contribution is 14.0. The van der Waals surface area contributed by atoms with E-state index in [0.717, 1.165) is 51.3 Å². The number of nitrogens with one attached hydrogen (secondary N) is 2. The molecule has 1 fully saturated rings. The van der Waals surface area contributed by atoms with E-state index in [-0.39, 0.29) is 36.4 Å². The maximum atomic E-state index is 11.9. The number of halogens is 1. The fraction of sp³-hybridized carbons (Fsp3) is 0.714. The third-order valence-corrected chi connectivity index (χ3v) is 3.52. The quantitative estimate of drug-likeness (QED) is 0.330. The summed E-state index contributed by atoms with van der Waals surface area (Å²) in [7, 11) is 0. The summed E-state index contributed by atoms with van der Waals surface area (Å²) < 4.78 is 0. The van der Waals surface area contributed by atoms with Gasteiger partial charge < -0.3 is 15.5 Å². The Morgan fingerprint density at radius 3 is 2.55 bits per heavy atom. The zero-order chi connectivity index (χ0) is 13.5. The zero-order valence-electron chi connectivity index (χ0n) is 12.1. The van der Waals surface area contributed by atoms with Crippen molar-refractivity contribution in [2.75, 3.05) is 26.2 Å². The van der Waals surface area contributed by atoms with Gasteiger partial charge in [0.25, 0.3) is 0 Å². The maximum absolute atomic E-state index is 11.9. The van der Waals surface area contributed by atoms with E-state index in [0.29, 0.717) is 6.04 Å². The average molecular weight is 392 g/mol. The third kappa shape index (κ3) is 5.30. The van der Waals surface area contributed by atoms with Crippen molar-refractivity contribution < 1.29 is 4.79 Å². The van der Waals surface area contributed by atoms with Crippen LogP contribution < -0.4 is 10.6 Å². The molecule has 1 aliphatic heterocycles. The molecule has 6 heteroatoms. The van der Waals surface area contributed by atoms with Gasteiger partial charge in [0.1, 0.15) is 6.54 Å². The van der Waals surface area contributed by atoms with Crippen LogP contribution in [0.4, 0.5) is 0 Å². The number of rotatable bonds is 4. The number of nitrogens with zero attached hydrogens (tertiary/aromatic N) is 2. The Bertz CT molecular complexity index is 356. The molecule has 0 aromatic carbocycles. The van der Waals surface area contributed by atoms with E-state index in [1.165, 1.54) is 0 Å². The zero-order valence-corrected chi connectivity index (χ0v) is 14.4. The maximum Gasteiger partial charge on any atom is 0.244 e. The Kier molecular flexibility index (Phi) is 7.94. The molecule has 1 saturated heterocycles. The van der Waals surface area contributed by atoms with Crippen LogP contribution in [-0.2, 0) is 4.79 Å². The number of likely N-dealkylation sites (tertiary alicyclic amines) is 1. The fourth-order valence-corrected chi connectivity index (χ4v) is 2.46. The molecule has 2 N–H and O–H groups in total.